The summed E-state index contributed by atoms with van der Waals surface area (Å²) in [5, 5.41) is 6.11. The number of amides is 1. The summed E-state index contributed by atoms with van der Waals surface area (Å²) in [7, 11) is 0. The molecule has 0 bridgehead atoms. The Morgan fingerprint density at radius 1 is 1.24 bits per heavy atom. The van der Waals surface area contributed by atoms with Gasteiger partial charge in [-0.1, -0.05) is 6.92 Å². The molecule has 1 amide bonds. The first-order valence-electron chi connectivity index (χ1n) is 7.45. The van der Waals surface area contributed by atoms with Gasteiger partial charge < -0.3 is 20.1 Å². The molecule has 0 atom stereocenters. The maximum absolute atomic E-state index is 11.9. The number of carbonyl (C=O) groups excluding carboxylic acids is 1. The Hall–Kier alpha value is -1.91. The number of nitrogens with one attached hydrogen (secondary N) is 2. The van der Waals surface area contributed by atoms with E-state index in [-0.39, 0.29) is 18.0 Å². The van der Waals surface area contributed by atoms with Gasteiger partial charge in [-0.05, 0) is 32.4 Å². The molecule has 116 valence electrons. The number of anilines is 1. The molecule has 1 aliphatic heterocycles. The first-order valence-corrected chi connectivity index (χ1v) is 7.45. The third-order valence-electron chi connectivity index (χ3n) is 3.56. The number of carbonyl (C=O) groups is 1. The van der Waals surface area contributed by atoms with Crippen molar-refractivity contribution in [2.45, 2.75) is 39.2 Å². The first-order chi connectivity index (χ1) is 10.00. The summed E-state index contributed by atoms with van der Waals surface area (Å²) < 4.78 is 11.2. The van der Waals surface area contributed by atoms with Crippen LogP contribution in [-0.4, -0.2) is 31.2 Å². The molecule has 0 saturated heterocycles. The average Bonchev–Trinajstić information content (AvgIpc) is 2.69. The van der Waals surface area contributed by atoms with E-state index in [0.29, 0.717) is 13.2 Å². The SMILES string of the molecule is CCC(C)(C)NC(=O)CNc1ccc2c(c1)OCCCO2. The predicted molar refractivity (Wildman–Crippen MR) is 83.1 cm³/mol. The van der Waals surface area contributed by atoms with E-state index in [1.54, 1.807) is 0 Å². The highest BCUT2D eigenvalue weighted by molar-refractivity contribution is 5.81. The van der Waals surface area contributed by atoms with Gasteiger partial charge in [0.15, 0.2) is 11.5 Å². The second-order valence-electron chi connectivity index (χ2n) is 5.85. The van der Waals surface area contributed by atoms with Crippen LogP contribution in [0.2, 0.25) is 0 Å². The quantitative estimate of drug-likeness (QED) is 0.875. The number of fused-ring (bicyclic) bond motifs is 1. The van der Waals surface area contributed by atoms with Gasteiger partial charge in [0.05, 0.1) is 19.8 Å². The second kappa shape index (κ2) is 6.70. The lowest BCUT2D eigenvalue weighted by Crippen LogP contribution is -2.45. The number of hydrogen-bond donors (Lipinski definition) is 2. The molecule has 0 saturated carbocycles. The summed E-state index contributed by atoms with van der Waals surface area (Å²) in [6, 6.07) is 5.64. The maximum Gasteiger partial charge on any atom is 0.239 e. The molecule has 1 aromatic carbocycles. The number of rotatable bonds is 5. The zero-order chi connectivity index (χ0) is 15.3. The summed E-state index contributed by atoms with van der Waals surface area (Å²) in [4.78, 5) is 11.9. The molecule has 2 N–H and O–H groups in total. The van der Waals surface area contributed by atoms with Gasteiger partial charge in [0.25, 0.3) is 0 Å². The van der Waals surface area contributed by atoms with Crippen LogP contribution >= 0.6 is 0 Å². The van der Waals surface area contributed by atoms with Crippen molar-refractivity contribution in [3.63, 3.8) is 0 Å². The van der Waals surface area contributed by atoms with Crippen LogP contribution in [0.3, 0.4) is 0 Å². The fourth-order valence-corrected chi connectivity index (χ4v) is 1.97. The zero-order valence-electron chi connectivity index (χ0n) is 13.0. The van der Waals surface area contributed by atoms with Gasteiger partial charge in [0, 0.05) is 23.7 Å². The van der Waals surface area contributed by atoms with Gasteiger partial charge in [0.2, 0.25) is 5.91 Å². The number of benzene rings is 1. The molecule has 0 radical (unpaired) electrons. The van der Waals surface area contributed by atoms with Crippen LogP contribution < -0.4 is 20.1 Å². The molecular weight excluding hydrogens is 268 g/mol. The van der Waals surface area contributed by atoms with Crippen molar-refractivity contribution in [2.75, 3.05) is 25.1 Å². The third-order valence-corrected chi connectivity index (χ3v) is 3.56. The van der Waals surface area contributed by atoms with Gasteiger partial charge in [-0.15, -0.1) is 0 Å². The molecule has 0 fully saturated rings. The molecule has 21 heavy (non-hydrogen) atoms. The van der Waals surface area contributed by atoms with Crippen molar-refractivity contribution in [1.82, 2.24) is 5.32 Å². The normalized spacial score (nSPS) is 14.2. The van der Waals surface area contributed by atoms with Crippen LogP contribution in [0.25, 0.3) is 0 Å². The highest BCUT2D eigenvalue weighted by Gasteiger charge is 2.17. The lowest BCUT2D eigenvalue weighted by Gasteiger charge is -2.24. The minimum Gasteiger partial charge on any atom is -0.490 e. The van der Waals surface area contributed by atoms with E-state index < -0.39 is 0 Å². The maximum atomic E-state index is 11.9. The van der Waals surface area contributed by atoms with E-state index in [2.05, 4.69) is 17.6 Å². The van der Waals surface area contributed by atoms with Crippen molar-refractivity contribution < 1.29 is 14.3 Å². The van der Waals surface area contributed by atoms with E-state index in [1.165, 1.54) is 0 Å². The van der Waals surface area contributed by atoms with Crippen molar-refractivity contribution in [3.8, 4) is 11.5 Å². The molecule has 1 aromatic rings. The Labute approximate surface area is 126 Å². The van der Waals surface area contributed by atoms with E-state index in [4.69, 9.17) is 9.47 Å². The fraction of sp³-hybridized carbons (Fsp3) is 0.562. The minimum absolute atomic E-state index is 0.0195. The molecular formula is C16H24N2O3. The molecule has 0 aromatic heterocycles. The Morgan fingerprint density at radius 3 is 2.67 bits per heavy atom. The zero-order valence-corrected chi connectivity index (χ0v) is 13.0. The van der Waals surface area contributed by atoms with Crippen LogP contribution in [-0.2, 0) is 4.79 Å². The van der Waals surface area contributed by atoms with Crippen LogP contribution in [0.1, 0.15) is 33.6 Å². The van der Waals surface area contributed by atoms with E-state index in [1.807, 2.05) is 32.0 Å². The van der Waals surface area contributed by atoms with Gasteiger partial charge in [-0.2, -0.15) is 0 Å². The molecule has 2 rings (SSSR count). The van der Waals surface area contributed by atoms with Crippen molar-refractivity contribution >= 4 is 11.6 Å². The second-order valence-corrected chi connectivity index (χ2v) is 5.85. The van der Waals surface area contributed by atoms with Gasteiger partial charge in [-0.25, -0.2) is 0 Å². The average molecular weight is 292 g/mol. The molecule has 1 aliphatic rings. The van der Waals surface area contributed by atoms with Crippen LogP contribution in [0.15, 0.2) is 18.2 Å². The lowest BCUT2D eigenvalue weighted by molar-refractivity contribution is -0.121. The highest BCUT2D eigenvalue weighted by Crippen LogP contribution is 2.32. The largest absolute Gasteiger partial charge is 0.490 e. The molecule has 5 heteroatoms. The molecule has 0 unspecified atom stereocenters. The van der Waals surface area contributed by atoms with Crippen molar-refractivity contribution in [2.24, 2.45) is 0 Å². The van der Waals surface area contributed by atoms with Crippen molar-refractivity contribution in [1.29, 1.82) is 0 Å². The predicted octanol–water partition coefficient (Wildman–Crippen LogP) is 2.56. The van der Waals surface area contributed by atoms with Crippen molar-refractivity contribution in [3.05, 3.63) is 18.2 Å². The standard InChI is InChI=1S/C16H24N2O3/c1-4-16(2,3)18-15(19)11-17-12-6-7-13-14(10-12)21-9-5-8-20-13/h6-7,10,17H,4-5,8-9,11H2,1-3H3,(H,18,19). The summed E-state index contributed by atoms with van der Waals surface area (Å²) in [5.41, 5.74) is 0.674. The van der Waals surface area contributed by atoms with Crippen LogP contribution in [0, 0.1) is 0 Å². The van der Waals surface area contributed by atoms with Gasteiger partial charge in [-0.3, -0.25) is 4.79 Å². The van der Waals surface area contributed by atoms with Crippen LogP contribution in [0.5, 0.6) is 11.5 Å². The van der Waals surface area contributed by atoms with E-state index in [0.717, 1.165) is 30.0 Å². The first kappa shape index (κ1) is 15.5. The minimum atomic E-state index is -0.177. The van der Waals surface area contributed by atoms with Gasteiger partial charge in [0.1, 0.15) is 0 Å². The van der Waals surface area contributed by atoms with E-state index >= 15 is 0 Å². The number of ether oxygens (including phenoxy) is 2. The fourth-order valence-electron chi connectivity index (χ4n) is 1.97. The topological polar surface area (TPSA) is 59.6 Å². The summed E-state index contributed by atoms with van der Waals surface area (Å²) in [5.74, 6) is 1.47. The Bertz CT molecular complexity index is 500. The van der Waals surface area contributed by atoms with E-state index in [9.17, 15) is 4.79 Å². The van der Waals surface area contributed by atoms with Gasteiger partial charge >= 0.3 is 0 Å². The lowest BCUT2D eigenvalue weighted by atomic mass is 10.0. The summed E-state index contributed by atoms with van der Waals surface area (Å²) in [6.07, 6.45) is 1.77. The highest BCUT2D eigenvalue weighted by atomic mass is 16.5. The number of hydrogen-bond acceptors (Lipinski definition) is 4. The molecule has 1 heterocycles. The Balaban J connectivity index is 1.92. The molecule has 0 spiro atoms. The Kier molecular flexibility index (Phi) is 4.94. The molecule has 0 aliphatic carbocycles. The monoisotopic (exact) mass is 292 g/mol. The Morgan fingerprint density at radius 2 is 1.95 bits per heavy atom. The third kappa shape index (κ3) is 4.55. The summed E-state index contributed by atoms with van der Waals surface area (Å²) in [6.45, 7) is 7.65. The smallest absolute Gasteiger partial charge is 0.239 e. The summed E-state index contributed by atoms with van der Waals surface area (Å²) >= 11 is 0. The van der Waals surface area contributed by atoms with Crippen LogP contribution in [0.4, 0.5) is 5.69 Å². The molecule has 5 nitrogen and oxygen atoms in total.